The molecule has 3 N–H and O–H groups in total. The third-order valence-corrected chi connectivity index (χ3v) is 8.41. The Morgan fingerprint density at radius 1 is 0.891 bits per heavy atom. The Kier molecular flexibility index (Phi) is 9.69. The quantitative estimate of drug-likeness (QED) is 0.204. The fraction of sp³-hybridized carbons (Fsp3) is 0.297. The van der Waals surface area contributed by atoms with Crippen LogP contribution >= 0.6 is 0 Å². The Balaban J connectivity index is 1.23. The van der Waals surface area contributed by atoms with Gasteiger partial charge in [-0.1, -0.05) is 36.4 Å². The molecule has 4 aromatic rings. The zero-order valence-electron chi connectivity index (χ0n) is 26.2. The maximum absolute atomic E-state index is 13.6. The van der Waals surface area contributed by atoms with Gasteiger partial charge in [0.1, 0.15) is 5.75 Å². The summed E-state index contributed by atoms with van der Waals surface area (Å²) in [6, 6.07) is 27.3. The Labute approximate surface area is 269 Å². The predicted molar refractivity (Wildman–Crippen MR) is 180 cm³/mol. The van der Waals surface area contributed by atoms with Crippen molar-refractivity contribution in [2.75, 3.05) is 50.3 Å². The number of nitrogens with one attached hydrogen (secondary N) is 1. The highest BCUT2D eigenvalue weighted by molar-refractivity contribution is 5.97. The van der Waals surface area contributed by atoms with E-state index in [-0.39, 0.29) is 25.0 Å². The van der Waals surface area contributed by atoms with E-state index >= 15 is 0 Å². The molecule has 2 amide bonds. The molecule has 9 heteroatoms. The second kappa shape index (κ2) is 14.4. The van der Waals surface area contributed by atoms with Crippen LogP contribution in [0.1, 0.15) is 40.7 Å². The van der Waals surface area contributed by atoms with Crippen LogP contribution < -0.4 is 30.2 Å². The highest BCUT2D eigenvalue weighted by atomic mass is 16.7. The summed E-state index contributed by atoms with van der Waals surface area (Å²) in [7, 11) is 1.63. The zero-order valence-corrected chi connectivity index (χ0v) is 26.2. The molecule has 6 rings (SSSR count). The Morgan fingerprint density at radius 3 is 2.46 bits per heavy atom. The van der Waals surface area contributed by atoms with E-state index in [1.54, 1.807) is 25.3 Å². The Bertz CT molecular complexity index is 1680. The van der Waals surface area contributed by atoms with Crippen molar-refractivity contribution in [2.45, 2.75) is 32.2 Å². The fourth-order valence-corrected chi connectivity index (χ4v) is 5.99. The molecule has 0 saturated carbocycles. The summed E-state index contributed by atoms with van der Waals surface area (Å²) in [5.41, 5.74) is 12.1. The molecule has 9 nitrogen and oxygen atoms in total. The van der Waals surface area contributed by atoms with Crippen LogP contribution in [0.2, 0.25) is 0 Å². The van der Waals surface area contributed by atoms with Crippen LogP contribution in [0, 0.1) is 0 Å². The number of nitrogens with two attached hydrogens (primary N) is 1. The van der Waals surface area contributed by atoms with Crippen LogP contribution in [0.15, 0.2) is 84.9 Å². The van der Waals surface area contributed by atoms with Crippen LogP contribution in [0.5, 0.6) is 17.2 Å². The van der Waals surface area contributed by atoms with Crippen molar-refractivity contribution in [3.63, 3.8) is 0 Å². The van der Waals surface area contributed by atoms with Gasteiger partial charge in [-0.25, -0.2) is 0 Å². The van der Waals surface area contributed by atoms with Crippen molar-refractivity contribution in [1.82, 2.24) is 4.90 Å². The number of carbonyl (C=O) groups is 2. The number of hydrogen-bond acceptors (Lipinski definition) is 7. The largest absolute Gasteiger partial charge is 0.497 e. The maximum Gasteiger partial charge on any atom is 0.254 e. The van der Waals surface area contributed by atoms with Crippen LogP contribution in [-0.2, 0) is 17.8 Å². The summed E-state index contributed by atoms with van der Waals surface area (Å²) in [5, 5.41) is 3.20. The smallest absolute Gasteiger partial charge is 0.254 e. The van der Waals surface area contributed by atoms with Crippen LogP contribution in [0.25, 0.3) is 11.1 Å². The maximum atomic E-state index is 13.6. The van der Waals surface area contributed by atoms with E-state index in [2.05, 4.69) is 40.5 Å². The summed E-state index contributed by atoms with van der Waals surface area (Å²) in [4.78, 5) is 31.0. The second-order valence-corrected chi connectivity index (χ2v) is 11.6. The fourth-order valence-electron chi connectivity index (χ4n) is 5.99. The van der Waals surface area contributed by atoms with E-state index in [0.717, 1.165) is 65.3 Å². The minimum Gasteiger partial charge on any atom is -0.497 e. The normalized spacial score (nSPS) is 13.5. The molecule has 46 heavy (non-hydrogen) atoms. The number of carbonyl (C=O) groups excluding carboxylic acids is 2. The molecule has 1 fully saturated rings. The Hall–Kier alpha value is -5.02. The van der Waals surface area contributed by atoms with Gasteiger partial charge in [0.2, 0.25) is 12.7 Å². The molecule has 0 aliphatic carbocycles. The van der Waals surface area contributed by atoms with Gasteiger partial charge in [0.05, 0.1) is 24.9 Å². The lowest BCUT2D eigenvalue weighted by molar-refractivity contribution is -0.115. The lowest BCUT2D eigenvalue weighted by atomic mass is 10.0. The van der Waals surface area contributed by atoms with Crippen molar-refractivity contribution >= 4 is 23.2 Å². The van der Waals surface area contributed by atoms with Gasteiger partial charge in [0, 0.05) is 31.7 Å². The second-order valence-electron chi connectivity index (χ2n) is 11.6. The molecule has 0 aromatic heterocycles. The first-order chi connectivity index (χ1) is 22.5. The van der Waals surface area contributed by atoms with Crippen molar-refractivity contribution in [2.24, 2.45) is 5.73 Å². The highest BCUT2D eigenvalue weighted by Gasteiger charge is 2.22. The van der Waals surface area contributed by atoms with E-state index in [1.165, 1.54) is 0 Å². The first kappa shape index (κ1) is 31.0. The van der Waals surface area contributed by atoms with Gasteiger partial charge in [-0.2, -0.15) is 0 Å². The molecule has 0 bridgehead atoms. The molecular formula is C37H40N4O5. The van der Waals surface area contributed by atoms with Crippen molar-refractivity contribution < 1.29 is 23.8 Å². The third-order valence-electron chi connectivity index (χ3n) is 8.41. The Morgan fingerprint density at radius 2 is 1.67 bits per heavy atom. The average Bonchev–Trinajstić information content (AvgIpc) is 3.79. The van der Waals surface area contributed by atoms with Crippen LogP contribution in [0.4, 0.5) is 11.4 Å². The summed E-state index contributed by atoms with van der Waals surface area (Å²) in [6.45, 7) is 3.53. The summed E-state index contributed by atoms with van der Waals surface area (Å²) in [5.74, 6) is 1.82. The molecule has 4 aromatic carbocycles. The summed E-state index contributed by atoms with van der Waals surface area (Å²) >= 11 is 0. The van der Waals surface area contributed by atoms with Crippen molar-refractivity contribution in [3.8, 4) is 28.4 Å². The number of ether oxygens (including phenoxy) is 3. The molecule has 238 valence electrons. The summed E-state index contributed by atoms with van der Waals surface area (Å²) in [6.07, 6.45) is 3.22. The molecule has 0 radical (unpaired) electrons. The first-order valence-electron chi connectivity index (χ1n) is 15.8. The van der Waals surface area contributed by atoms with Crippen molar-refractivity contribution in [3.05, 3.63) is 102 Å². The number of rotatable bonds is 12. The number of hydrogen-bond donors (Lipinski definition) is 2. The number of benzene rings is 4. The van der Waals surface area contributed by atoms with E-state index in [4.69, 9.17) is 19.9 Å². The molecule has 0 atom stereocenters. The SMILES string of the molecule is COc1ccc(CC(=O)Nc2cc(-c3cccc(CN(CCCN)C(=O)c4ccc5c(c4)OCO5)c3)ccc2N2CCCC2)cc1. The molecular weight excluding hydrogens is 580 g/mol. The number of anilines is 2. The van der Waals surface area contributed by atoms with Gasteiger partial charge < -0.3 is 35.1 Å². The van der Waals surface area contributed by atoms with Crippen LogP contribution in [-0.4, -0.2) is 56.8 Å². The lowest BCUT2D eigenvalue weighted by Gasteiger charge is -2.24. The molecule has 0 spiro atoms. The van der Waals surface area contributed by atoms with Gasteiger partial charge in [-0.05, 0) is 96.6 Å². The van der Waals surface area contributed by atoms with Gasteiger partial charge >= 0.3 is 0 Å². The number of methoxy groups -OCH3 is 1. The number of amides is 2. The minimum absolute atomic E-state index is 0.0749. The standard InChI is InChI=1S/C37H40N4O5/c1-44-31-12-8-26(9-13-31)21-36(42)39-32-22-29(10-14-33(32)40-17-2-3-18-40)28-7-4-6-27(20-28)24-41(19-5-16-38)37(43)30-11-15-34-35(23-30)46-25-45-34/h4,6-15,20,22-23H,2-3,5,16-19,21,24-25,38H2,1H3,(H,39,42). The molecule has 2 aliphatic rings. The predicted octanol–water partition coefficient (Wildman–Crippen LogP) is 5.86. The van der Waals surface area contributed by atoms with Gasteiger partial charge in [0.25, 0.3) is 5.91 Å². The summed E-state index contributed by atoms with van der Waals surface area (Å²) < 4.78 is 16.2. The lowest BCUT2D eigenvalue weighted by Crippen LogP contribution is -2.32. The van der Waals surface area contributed by atoms with E-state index < -0.39 is 0 Å². The van der Waals surface area contributed by atoms with Gasteiger partial charge in [-0.3, -0.25) is 9.59 Å². The minimum atomic E-state index is -0.0889. The molecule has 2 heterocycles. The van der Waals surface area contributed by atoms with Crippen molar-refractivity contribution in [1.29, 1.82) is 0 Å². The zero-order chi connectivity index (χ0) is 31.9. The average molecular weight is 621 g/mol. The van der Waals surface area contributed by atoms with Gasteiger partial charge in [-0.15, -0.1) is 0 Å². The molecule has 2 aliphatic heterocycles. The van der Waals surface area contributed by atoms with E-state index in [9.17, 15) is 9.59 Å². The monoisotopic (exact) mass is 620 g/mol. The highest BCUT2D eigenvalue weighted by Crippen LogP contribution is 2.35. The number of fused-ring (bicyclic) bond motifs is 1. The first-order valence-corrected chi connectivity index (χ1v) is 15.8. The third kappa shape index (κ3) is 7.26. The van der Waals surface area contributed by atoms with E-state index in [0.29, 0.717) is 43.1 Å². The van der Waals surface area contributed by atoms with Crippen LogP contribution in [0.3, 0.4) is 0 Å². The number of nitrogens with zero attached hydrogens (tertiary/aromatic N) is 2. The topological polar surface area (TPSA) is 106 Å². The van der Waals surface area contributed by atoms with E-state index in [1.807, 2.05) is 41.3 Å². The molecule has 1 saturated heterocycles. The molecule has 0 unspecified atom stereocenters. The van der Waals surface area contributed by atoms with Gasteiger partial charge in [0.15, 0.2) is 11.5 Å².